The first kappa shape index (κ1) is 20.0. The minimum Gasteiger partial charge on any atom is -0.422 e. The zero-order chi connectivity index (χ0) is 21.8. The molecule has 10 heteroatoms. The van der Waals surface area contributed by atoms with Crippen molar-refractivity contribution >= 4 is 28.1 Å². The lowest BCUT2D eigenvalue weighted by atomic mass is 10.3. The van der Waals surface area contributed by atoms with Crippen LogP contribution in [0, 0.1) is 5.82 Å². The summed E-state index contributed by atoms with van der Waals surface area (Å²) < 4.78 is 19.5. The molecule has 0 saturated heterocycles. The Hall–Kier alpha value is -3.92. The van der Waals surface area contributed by atoms with Gasteiger partial charge in [-0.2, -0.15) is 4.98 Å². The van der Waals surface area contributed by atoms with Crippen molar-refractivity contribution in [2.75, 3.05) is 18.4 Å². The van der Waals surface area contributed by atoms with Gasteiger partial charge < -0.3 is 20.0 Å². The normalized spacial score (nSPS) is 11.4. The molecule has 32 heavy (non-hydrogen) atoms. The van der Waals surface area contributed by atoms with Crippen LogP contribution in [0.1, 0.15) is 17.4 Å². The van der Waals surface area contributed by atoms with Gasteiger partial charge in [-0.1, -0.05) is 12.1 Å². The lowest BCUT2D eigenvalue weighted by Crippen LogP contribution is -2.20. The maximum absolute atomic E-state index is 13.8. The number of nitrogens with one attached hydrogen (secondary N) is 3. The van der Waals surface area contributed by atoms with Crippen LogP contribution in [0.4, 0.5) is 10.2 Å². The highest BCUT2D eigenvalue weighted by Gasteiger charge is 2.13. The summed E-state index contributed by atoms with van der Waals surface area (Å²) in [7, 11) is 0. The minimum absolute atomic E-state index is 0.185. The van der Waals surface area contributed by atoms with Crippen molar-refractivity contribution in [3.8, 4) is 0 Å². The topological polar surface area (TPSA) is 117 Å². The van der Waals surface area contributed by atoms with Crippen LogP contribution < -0.4 is 10.6 Å². The summed E-state index contributed by atoms with van der Waals surface area (Å²) >= 11 is 0. The van der Waals surface area contributed by atoms with Gasteiger partial charge in [0, 0.05) is 32.1 Å². The molecule has 4 heterocycles. The Morgan fingerprint density at radius 3 is 2.78 bits per heavy atom. The fraction of sp³-hybridized carbons (Fsp3) is 0.227. The van der Waals surface area contributed by atoms with Crippen LogP contribution in [0.15, 0.2) is 53.3 Å². The number of para-hydroxylation sites is 2. The largest absolute Gasteiger partial charge is 0.422 e. The molecular weight excluding hydrogens is 411 g/mol. The molecular formula is C22H21FN8O. The first-order valence-electron chi connectivity index (χ1n) is 10.3. The fourth-order valence-corrected chi connectivity index (χ4v) is 3.40. The highest BCUT2D eigenvalue weighted by atomic mass is 19.1. The van der Waals surface area contributed by atoms with Gasteiger partial charge in [0.2, 0.25) is 0 Å². The third-order valence-corrected chi connectivity index (χ3v) is 4.99. The number of hydrogen-bond donors (Lipinski definition) is 3. The summed E-state index contributed by atoms with van der Waals surface area (Å²) in [6.45, 7) is 1.66. The molecule has 0 saturated carbocycles. The van der Waals surface area contributed by atoms with Gasteiger partial charge in [-0.3, -0.25) is 4.98 Å². The second-order valence-electron chi connectivity index (χ2n) is 7.22. The summed E-state index contributed by atoms with van der Waals surface area (Å²) in [6, 6.07) is 10.9. The van der Waals surface area contributed by atoms with Crippen LogP contribution in [0.25, 0.3) is 22.3 Å². The molecule has 9 nitrogen and oxygen atoms in total. The lowest BCUT2D eigenvalue weighted by Gasteiger charge is -2.05. The van der Waals surface area contributed by atoms with Gasteiger partial charge in [-0.05, 0) is 24.3 Å². The molecule has 0 bridgehead atoms. The first-order chi connectivity index (χ1) is 15.8. The van der Waals surface area contributed by atoms with Gasteiger partial charge in [0.25, 0.3) is 5.71 Å². The van der Waals surface area contributed by atoms with Crippen LogP contribution in [0.3, 0.4) is 0 Å². The number of pyridine rings is 1. The van der Waals surface area contributed by atoms with Crippen molar-refractivity contribution in [1.82, 2.24) is 35.2 Å². The first-order valence-corrected chi connectivity index (χ1v) is 10.3. The van der Waals surface area contributed by atoms with Crippen molar-refractivity contribution in [1.29, 1.82) is 0 Å². The number of aromatic amines is 1. The van der Waals surface area contributed by atoms with Crippen LogP contribution in [-0.4, -0.2) is 43.0 Å². The molecule has 3 N–H and O–H groups in total. The second kappa shape index (κ2) is 9.06. The molecule has 162 valence electrons. The van der Waals surface area contributed by atoms with Gasteiger partial charge in [-0.25, -0.2) is 19.3 Å². The van der Waals surface area contributed by atoms with E-state index in [1.165, 1.54) is 12.4 Å². The van der Waals surface area contributed by atoms with E-state index in [4.69, 9.17) is 4.42 Å². The molecule has 0 aliphatic carbocycles. The smallest absolute Gasteiger partial charge is 0.252 e. The maximum atomic E-state index is 13.8. The van der Waals surface area contributed by atoms with Crippen molar-refractivity contribution in [3.63, 3.8) is 0 Å². The number of imidazole rings is 1. The number of hydrogen-bond acceptors (Lipinski definition) is 8. The van der Waals surface area contributed by atoms with E-state index in [2.05, 4.69) is 40.5 Å². The molecule has 0 radical (unpaired) electrons. The van der Waals surface area contributed by atoms with E-state index in [1.807, 2.05) is 24.3 Å². The minimum atomic E-state index is -0.375. The van der Waals surface area contributed by atoms with Crippen LogP contribution in [-0.2, 0) is 19.4 Å². The summed E-state index contributed by atoms with van der Waals surface area (Å²) in [5.74, 6) is 1.62. The molecule has 5 aromatic rings. The van der Waals surface area contributed by atoms with Gasteiger partial charge in [0.05, 0.1) is 23.3 Å². The highest BCUT2D eigenvalue weighted by Crippen LogP contribution is 2.20. The summed E-state index contributed by atoms with van der Waals surface area (Å²) in [4.78, 5) is 24.8. The number of benzene rings is 1. The van der Waals surface area contributed by atoms with Gasteiger partial charge >= 0.3 is 0 Å². The summed E-state index contributed by atoms with van der Waals surface area (Å²) in [5, 5.41) is 6.44. The second-order valence-corrected chi connectivity index (χ2v) is 7.22. The zero-order valence-electron chi connectivity index (χ0n) is 17.2. The van der Waals surface area contributed by atoms with E-state index in [-0.39, 0.29) is 12.4 Å². The van der Waals surface area contributed by atoms with E-state index in [0.29, 0.717) is 41.6 Å². The van der Waals surface area contributed by atoms with Crippen LogP contribution >= 0.6 is 0 Å². The number of H-pyrrole nitrogens is 1. The Bertz CT molecular complexity index is 1320. The Kier molecular flexibility index (Phi) is 5.67. The average molecular weight is 432 g/mol. The van der Waals surface area contributed by atoms with Crippen molar-refractivity contribution in [3.05, 3.63) is 72.1 Å². The molecule has 0 fully saturated rings. The Balaban J connectivity index is 1.15. The lowest BCUT2D eigenvalue weighted by molar-refractivity contribution is 0.508. The number of rotatable bonds is 9. The van der Waals surface area contributed by atoms with E-state index in [1.54, 1.807) is 12.3 Å². The third kappa shape index (κ3) is 4.40. The van der Waals surface area contributed by atoms with E-state index >= 15 is 0 Å². The molecule has 1 aromatic carbocycles. The number of fused-ring (bicyclic) bond motifs is 2. The van der Waals surface area contributed by atoms with Crippen LogP contribution in [0.5, 0.6) is 0 Å². The van der Waals surface area contributed by atoms with E-state index < -0.39 is 0 Å². The molecule has 4 aromatic heterocycles. The van der Waals surface area contributed by atoms with E-state index in [9.17, 15) is 4.39 Å². The maximum Gasteiger partial charge on any atom is 0.252 e. The number of nitrogens with zero attached hydrogens (tertiary/aromatic N) is 5. The standard InChI is InChI=1S/C22H21FN8O/c23-14-4-3-9-25-17(14)12-26-21-20-22(28-13-27-21)32-19(31-20)8-11-24-10-7-18-29-15-5-1-2-6-16(15)30-18/h1-6,9,13,24H,7-8,10-12H2,(H,29,30)(H,26,27,28). The Morgan fingerprint density at radius 1 is 0.969 bits per heavy atom. The molecule has 0 atom stereocenters. The molecule has 0 aliphatic heterocycles. The predicted octanol–water partition coefficient (Wildman–Crippen LogP) is 3.02. The Morgan fingerprint density at radius 2 is 1.88 bits per heavy atom. The van der Waals surface area contributed by atoms with Crippen molar-refractivity contribution in [2.45, 2.75) is 19.4 Å². The number of halogens is 1. The summed E-state index contributed by atoms with van der Waals surface area (Å²) in [5.41, 5.74) is 3.23. The van der Waals surface area contributed by atoms with Crippen LogP contribution in [0.2, 0.25) is 0 Å². The van der Waals surface area contributed by atoms with Gasteiger partial charge in [0.15, 0.2) is 17.2 Å². The zero-order valence-corrected chi connectivity index (χ0v) is 17.2. The fourth-order valence-electron chi connectivity index (χ4n) is 3.40. The highest BCUT2D eigenvalue weighted by molar-refractivity contribution is 5.80. The molecule has 0 aliphatic rings. The summed E-state index contributed by atoms with van der Waals surface area (Å²) in [6.07, 6.45) is 4.34. The van der Waals surface area contributed by atoms with Gasteiger partial charge in [0.1, 0.15) is 18.0 Å². The third-order valence-electron chi connectivity index (χ3n) is 4.99. The number of aromatic nitrogens is 6. The molecule has 5 rings (SSSR count). The SMILES string of the molecule is Fc1cccnc1CNc1ncnc2oc(CCNCCc3nc4ccccc4[nH]3)nc12. The molecule has 0 unspecified atom stereocenters. The van der Waals surface area contributed by atoms with Gasteiger partial charge in [-0.15, -0.1) is 0 Å². The van der Waals surface area contributed by atoms with Crippen molar-refractivity contribution < 1.29 is 8.81 Å². The average Bonchev–Trinajstić information content (AvgIpc) is 3.42. The predicted molar refractivity (Wildman–Crippen MR) is 117 cm³/mol. The van der Waals surface area contributed by atoms with E-state index in [0.717, 1.165) is 29.8 Å². The Labute approximate surface area is 182 Å². The quantitative estimate of drug-likeness (QED) is 0.304. The monoisotopic (exact) mass is 432 g/mol. The molecule has 0 spiro atoms. The molecule has 0 amide bonds. The van der Waals surface area contributed by atoms with Crippen molar-refractivity contribution in [2.24, 2.45) is 0 Å². The number of oxazole rings is 1. The number of anilines is 1.